The van der Waals surface area contributed by atoms with Crippen LogP contribution in [0, 0.1) is 0 Å². The molecule has 5 heterocycles. The summed E-state index contributed by atoms with van der Waals surface area (Å²) in [5.41, 5.74) is 2.21. The number of fused-ring (bicyclic) bond motifs is 1. The van der Waals surface area contributed by atoms with Gasteiger partial charge in [0.2, 0.25) is 0 Å². The van der Waals surface area contributed by atoms with E-state index < -0.39 is 11.9 Å². The zero-order valence-electron chi connectivity index (χ0n) is 17.6. The van der Waals surface area contributed by atoms with Gasteiger partial charge in [0, 0.05) is 30.8 Å². The lowest BCUT2D eigenvalue weighted by molar-refractivity contribution is -0.125. The van der Waals surface area contributed by atoms with Gasteiger partial charge in [-0.3, -0.25) is 14.9 Å². The number of aromatic nitrogens is 3. The fourth-order valence-electron chi connectivity index (χ4n) is 4.03. The lowest BCUT2D eigenvalue weighted by Gasteiger charge is -2.17. The Balaban J connectivity index is 1.32. The summed E-state index contributed by atoms with van der Waals surface area (Å²) in [5, 5.41) is 12.7. The Kier molecular flexibility index (Phi) is 4.72. The zero-order valence-corrected chi connectivity index (χ0v) is 18.4. The Hall–Kier alpha value is -3.60. The molecule has 0 bridgehead atoms. The number of rotatable bonds is 5. The van der Waals surface area contributed by atoms with Gasteiger partial charge in [-0.15, -0.1) is 11.8 Å². The van der Waals surface area contributed by atoms with Crippen molar-refractivity contribution in [2.24, 2.45) is 0 Å². The molecule has 1 aliphatic carbocycles. The van der Waals surface area contributed by atoms with E-state index >= 15 is 0 Å². The van der Waals surface area contributed by atoms with Crippen molar-refractivity contribution in [3.8, 4) is 0 Å². The van der Waals surface area contributed by atoms with Crippen LogP contribution in [0.2, 0.25) is 0 Å². The van der Waals surface area contributed by atoms with Crippen molar-refractivity contribution in [3.63, 3.8) is 0 Å². The third-order valence-electron chi connectivity index (χ3n) is 5.90. The molecule has 6 rings (SSSR count). The number of urea groups is 1. The van der Waals surface area contributed by atoms with Crippen LogP contribution in [0.25, 0.3) is 11.7 Å². The molecule has 3 N–H and O–H groups in total. The number of allylic oxidation sites excluding steroid dienone is 1. The molecule has 0 radical (unpaired) electrons. The molecule has 0 aromatic carbocycles. The molecule has 0 spiro atoms. The van der Waals surface area contributed by atoms with Crippen LogP contribution in [-0.4, -0.2) is 56.5 Å². The molecular formula is C22H21N7O3S. The van der Waals surface area contributed by atoms with E-state index in [2.05, 4.69) is 21.0 Å². The Labute approximate surface area is 193 Å². The fourth-order valence-corrected chi connectivity index (χ4v) is 5.19. The lowest BCUT2D eigenvalue weighted by Crippen LogP contribution is -2.28. The Bertz CT molecular complexity index is 1280. The Morgan fingerprint density at radius 1 is 1.21 bits per heavy atom. The van der Waals surface area contributed by atoms with Crippen molar-refractivity contribution in [3.05, 3.63) is 52.4 Å². The first-order chi connectivity index (χ1) is 16.0. The highest BCUT2D eigenvalue weighted by atomic mass is 32.2. The van der Waals surface area contributed by atoms with Gasteiger partial charge < -0.3 is 15.5 Å². The number of hydrogen-bond acceptors (Lipinski definition) is 7. The summed E-state index contributed by atoms with van der Waals surface area (Å²) < 4.78 is 1.72. The van der Waals surface area contributed by atoms with Gasteiger partial charge in [0.15, 0.2) is 5.65 Å². The Morgan fingerprint density at radius 2 is 2.03 bits per heavy atom. The summed E-state index contributed by atoms with van der Waals surface area (Å²) in [5.74, 6) is 0.399. The van der Waals surface area contributed by atoms with Crippen molar-refractivity contribution >= 4 is 47.1 Å². The van der Waals surface area contributed by atoms with Crippen LogP contribution in [0.15, 0.2) is 41.1 Å². The molecule has 1 unspecified atom stereocenters. The number of nitrogens with one attached hydrogen (secondary N) is 3. The first-order valence-electron chi connectivity index (χ1n) is 10.9. The van der Waals surface area contributed by atoms with Crippen LogP contribution in [0.3, 0.4) is 0 Å². The number of carbonyl (C=O) groups excluding carboxylic acids is 3. The standard InChI is InChI=1S/C22H21N7O3S/c30-20-15(26-22(32)27-20)9-12-11-23-29-18(24-13-3-4-13)10-14(25-19(12)29)16-5-6-17(33-16)21(31)28-7-1-2-8-28/h1-2,6,9-11,13,16,24H,3-5,7-8H2,(H2,26,27,30,32)/b15-9-. The van der Waals surface area contributed by atoms with E-state index in [0.29, 0.717) is 36.8 Å². The largest absolute Gasteiger partial charge is 0.367 e. The molecule has 168 valence electrons. The molecular weight excluding hydrogens is 442 g/mol. The van der Waals surface area contributed by atoms with E-state index in [-0.39, 0.29) is 16.9 Å². The number of amides is 4. The highest BCUT2D eigenvalue weighted by molar-refractivity contribution is 8.04. The van der Waals surface area contributed by atoms with E-state index in [9.17, 15) is 14.4 Å². The van der Waals surface area contributed by atoms with Crippen molar-refractivity contribution in [1.82, 2.24) is 30.1 Å². The van der Waals surface area contributed by atoms with Gasteiger partial charge in [-0.1, -0.05) is 18.2 Å². The fraction of sp³-hybridized carbons (Fsp3) is 0.318. The molecule has 2 aromatic heterocycles. The van der Waals surface area contributed by atoms with E-state index in [1.165, 1.54) is 11.8 Å². The van der Waals surface area contributed by atoms with Crippen LogP contribution >= 0.6 is 11.8 Å². The first-order valence-corrected chi connectivity index (χ1v) is 11.7. The van der Waals surface area contributed by atoms with Crippen LogP contribution in [0.5, 0.6) is 0 Å². The van der Waals surface area contributed by atoms with Gasteiger partial charge in [0.1, 0.15) is 11.5 Å². The van der Waals surface area contributed by atoms with Gasteiger partial charge >= 0.3 is 6.03 Å². The number of thioether (sulfide) groups is 1. The maximum Gasteiger partial charge on any atom is 0.326 e. The Morgan fingerprint density at radius 3 is 2.76 bits per heavy atom. The van der Waals surface area contributed by atoms with Crippen LogP contribution < -0.4 is 16.0 Å². The minimum absolute atomic E-state index is 0.00847. The highest BCUT2D eigenvalue weighted by Gasteiger charge is 2.30. The van der Waals surface area contributed by atoms with E-state index in [0.717, 1.165) is 29.3 Å². The number of carbonyl (C=O) groups is 3. The van der Waals surface area contributed by atoms with Crippen molar-refractivity contribution < 1.29 is 14.4 Å². The zero-order chi connectivity index (χ0) is 22.5. The smallest absolute Gasteiger partial charge is 0.326 e. The molecule has 2 fully saturated rings. The maximum atomic E-state index is 12.8. The van der Waals surface area contributed by atoms with Gasteiger partial charge in [0.25, 0.3) is 11.8 Å². The topological polar surface area (TPSA) is 121 Å². The van der Waals surface area contributed by atoms with Crippen molar-refractivity contribution in [2.45, 2.75) is 30.6 Å². The quantitative estimate of drug-likeness (QED) is 0.352. The minimum atomic E-state index is -0.550. The highest BCUT2D eigenvalue weighted by Crippen LogP contribution is 2.44. The van der Waals surface area contributed by atoms with Gasteiger partial charge in [-0.2, -0.15) is 9.61 Å². The second-order valence-corrected chi connectivity index (χ2v) is 9.62. The molecule has 1 saturated carbocycles. The number of nitrogens with zero attached hydrogens (tertiary/aromatic N) is 4. The van der Waals surface area contributed by atoms with E-state index in [4.69, 9.17) is 4.98 Å². The third kappa shape index (κ3) is 3.78. The second-order valence-electron chi connectivity index (χ2n) is 8.38. The predicted molar refractivity (Wildman–Crippen MR) is 123 cm³/mol. The summed E-state index contributed by atoms with van der Waals surface area (Å²) in [4.78, 5) is 43.7. The molecule has 33 heavy (non-hydrogen) atoms. The SMILES string of the molecule is O=C1NC(=O)/C(=C/c2cnn3c(NC4CC4)cc(C4CC=C(C(=O)N5CC=CC5)S4)nc23)N1. The van der Waals surface area contributed by atoms with Gasteiger partial charge in [-0.05, 0) is 25.3 Å². The second kappa shape index (κ2) is 7.77. The van der Waals surface area contributed by atoms with Crippen LogP contribution in [0.4, 0.5) is 10.6 Å². The van der Waals surface area contributed by atoms with Crippen LogP contribution in [-0.2, 0) is 9.59 Å². The van der Waals surface area contributed by atoms with Crippen molar-refractivity contribution in [1.29, 1.82) is 0 Å². The summed E-state index contributed by atoms with van der Waals surface area (Å²) in [6.45, 7) is 1.30. The molecule has 10 nitrogen and oxygen atoms in total. The predicted octanol–water partition coefficient (Wildman–Crippen LogP) is 1.94. The number of imide groups is 1. The average Bonchev–Trinajstić information content (AvgIpc) is 3.25. The van der Waals surface area contributed by atoms with Gasteiger partial charge in [-0.25, -0.2) is 9.78 Å². The number of anilines is 1. The van der Waals surface area contributed by atoms with E-state index in [1.54, 1.807) is 16.8 Å². The molecule has 4 amide bonds. The minimum Gasteiger partial charge on any atom is -0.367 e. The average molecular weight is 464 g/mol. The monoisotopic (exact) mass is 463 g/mol. The summed E-state index contributed by atoms with van der Waals surface area (Å²) >= 11 is 1.54. The maximum absolute atomic E-state index is 12.8. The molecule has 3 aliphatic heterocycles. The molecule has 1 atom stereocenters. The summed E-state index contributed by atoms with van der Waals surface area (Å²) in [7, 11) is 0. The van der Waals surface area contributed by atoms with E-state index in [1.807, 2.05) is 29.2 Å². The molecule has 4 aliphatic rings. The first kappa shape index (κ1) is 20.0. The number of hydrogen-bond donors (Lipinski definition) is 3. The summed E-state index contributed by atoms with van der Waals surface area (Å²) in [6.07, 6.45) is 12.1. The normalized spacial score (nSPS) is 23.4. The van der Waals surface area contributed by atoms with Crippen LogP contribution in [0.1, 0.15) is 35.8 Å². The van der Waals surface area contributed by atoms with Gasteiger partial charge in [0.05, 0.1) is 22.0 Å². The molecule has 1 saturated heterocycles. The molecule has 2 aromatic rings. The van der Waals surface area contributed by atoms with Crippen molar-refractivity contribution in [2.75, 3.05) is 18.4 Å². The lowest BCUT2D eigenvalue weighted by atomic mass is 10.2. The summed E-state index contributed by atoms with van der Waals surface area (Å²) in [6, 6.07) is 1.85. The molecule has 11 heteroatoms. The third-order valence-corrected chi connectivity index (χ3v) is 7.21.